The van der Waals surface area contributed by atoms with Crippen molar-refractivity contribution >= 4 is 5.69 Å². The molecule has 0 aliphatic carbocycles. The number of nitrogens with zero attached hydrogens (tertiary/aromatic N) is 1. The molecule has 1 aliphatic heterocycles. The molecule has 2 nitrogen and oxygen atoms in total. The van der Waals surface area contributed by atoms with Crippen molar-refractivity contribution in [3.63, 3.8) is 0 Å². The van der Waals surface area contributed by atoms with Gasteiger partial charge in [-0.15, -0.1) is 0 Å². The Morgan fingerprint density at radius 1 is 1.19 bits per heavy atom. The van der Waals surface area contributed by atoms with Crippen molar-refractivity contribution in [3.05, 3.63) is 65.5 Å². The van der Waals surface area contributed by atoms with Crippen LogP contribution >= 0.6 is 0 Å². The van der Waals surface area contributed by atoms with Crippen molar-refractivity contribution < 1.29 is 4.39 Å². The number of nitrogens with one attached hydrogen (secondary N) is 1. The van der Waals surface area contributed by atoms with Crippen LogP contribution in [0.3, 0.4) is 0 Å². The fourth-order valence-electron chi connectivity index (χ4n) is 3.00. The minimum atomic E-state index is -0.159. The zero-order valence-corrected chi connectivity index (χ0v) is 12.3. The van der Waals surface area contributed by atoms with E-state index in [1.54, 1.807) is 6.07 Å². The lowest BCUT2D eigenvalue weighted by Gasteiger charge is -2.36. The second-order valence-corrected chi connectivity index (χ2v) is 5.72. The first-order valence-electron chi connectivity index (χ1n) is 7.51. The number of anilines is 1. The SMILES string of the molecule is Cc1ccc(F)cc1N1CCNC(Cc2ccccc2)C1. The molecule has 0 saturated carbocycles. The van der Waals surface area contributed by atoms with Gasteiger partial charge in [0.2, 0.25) is 0 Å². The number of hydrogen-bond acceptors (Lipinski definition) is 2. The lowest BCUT2D eigenvalue weighted by Crippen LogP contribution is -2.51. The largest absolute Gasteiger partial charge is 0.368 e. The normalized spacial score (nSPS) is 18.8. The van der Waals surface area contributed by atoms with E-state index in [-0.39, 0.29) is 5.82 Å². The number of hydrogen-bond donors (Lipinski definition) is 1. The number of benzene rings is 2. The second kappa shape index (κ2) is 6.27. The van der Waals surface area contributed by atoms with Gasteiger partial charge in [0.25, 0.3) is 0 Å². The fraction of sp³-hybridized carbons (Fsp3) is 0.333. The summed E-state index contributed by atoms with van der Waals surface area (Å²) in [7, 11) is 0. The minimum absolute atomic E-state index is 0.159. The average molecular weight is 284 g/mol. The maximum absolute atomic E-state index is 13.5. The quantitative estimate of drug-likeness (QED) is 0.931. The van der Waals surface area contributed by atoms with Gasteiger partial charge in [0.15, 0.2) is 0 Å². The maximum atomic E-state index is 13.5. The van der Waals surface area contributed by atoms with Crippen LogP contribution in [0.1, 0.15) is 11.1 Å². The van der Waals surface area contributed by atoms with Crippen LogP contribution in [0, 0.1) is 12.7 Å². The molecule has 0 bridgehead atoms. The molecule has 2 aromatic rings. The Balaban J connectivity index is 1.72. The molecule has 21 heavy (non-hydrogen) atoms. The molecule has 2 aromatic carbocycles. The monoisotopic (exact) mass is 284 g/mol. The molecule has 0 radical (unpaired) electrons. The summed E-state index contributed by atoms with van der Waals surface area (Å²) in [5, 5.41) is 3.57. The van der Waals surface area contributed by atoms with Gasteiger partial charge in [0.05, 0.1) is 0 Å². The van der Waals surface area contributed by atoms with Gasteiger partial charge in [-0.1, -0.05) is 36.4 Å². The highest BCUT2D eigenvalue weighted by atomic mass is 19.1. The highest BCUT2D eigenvalue weighted by Crippen LogP contribution is 2.23. The first-order chi connectivity index (χ1) is 10.2. The summed E-state index contributed by atoms with van der Waals surface area (Å²) >= 11 is 0. The van der Waals surface area contributed by atoms with Gasteiger partial charge in [0, 0.05) is 31.4 Å². The minimum Gasteiger partial charge on any atom is -0.368 e. The molecule has 0 aromatic heterocycles. The first kappa shape index (κ1) is 14.1. The van der Waals surface area contributed by atoms with E-state index in [1.165, 1.54) is 11.6 Å². The molecule has 3 rings (SSSR count). The second-order valence-electron chi connectivity index (χ2n) is 5.72. The third kappa shape index (κ3) is 3.42. The summed E-state index contributed by atoms with van der Waals surface area (Å²) in [4.78, 5) is 2.29. The summed E-state index contributed by atoms with van der Waals surface area (Å²) < 4.78 is 13.5. The number of halogens is 1. The van der Waals surface area contributed by atoms with Crippen LogP contribution in [0.5, 0.6) is 0 Å². The van der Waals surface area contributed by atoms with Crippen molar-refractivity contribution in [1.29, 1.82) is 0 Å². The molecular formula is C18H21FN2. The molecule has 1 saturated heterocycles. The summed E-state index contributed by atoms with van der Waals surface area (Å²) in [6.07, 6.45) is 1.01. The molecule has 3 heteroatoms. The standard InChI is InChI=1S/C18H21FN2/c1-14-7-8-16(19)12-18(14)21-10-9-20-17(13-21)11-15-5-3-2-4-6-15/h2-8,12,17,20H,9-11,13H2,1H3. The Labute approximate surface area is 125 Å². The van der Waals surface area contributed by atoms with Crippen LogP contribution in [0.2, 0.25) is 0 Å². The molecule has 0 amide bonds. The Hall–Kier alpha value is -1.87. The van der Waals surface area contributed by atoms with Gasteiger partial charge in [0.1, 0.15) is 5.82 Å². The summed E-state index contributed by atoms with van der Waals surface area (Å²) in [5.41, 5.74) is 3.50. The number of rotatable bonds is 3. The maximum Gasteiger partial charge on any atom is 0.125 e. The van der Waals surface area contributed by atoms with Gasteiger partial charge in [-0.25, -0.2) is 4.39 Å². The van der Waals surface area contributed by atoms with E-state index in [4.69, 9.17) is 0 Å². The smallest absolute Gasteiger partial charge is 0.125 e. The topological polar surface area (TPSA) is 15.3 Å². The third-order valence-corrected chi connectivity index (χ3v) is 4.09. The zero-order valence-electron chi connectivity index (χ0n) is 12.3. The lowest BCUT2D eigenvalue weighted by atomic mass is 10.0. The highest BCUT2D eigenvalue weighted by Gasteiger charge is 2.21. The molecule has 0 spiro atoms. The van der Waals surface area contributed by atoms with E-state index >= 15 is 0 Å². The van der Waals surface area contributed by atoms with Crippen LogP contribution < -0.4 is 10.2 Å². The van der Waals surface area contributed by atoms with E-state index in [0.29, 0.717) is 6.04 Å². The van der Waals surface area contributed by atoms with E-state index in [9.17, 15) is 4.39 Å². The highest BCUT2D eigenvalue weighted by molar-refractivity contribution is 5.54. The average Bonchev–Trinajstić information content (AvgIpc) is 2.51. The third-order valence-electron chi connectivity index (χ3n) is 4.09. The van der Waals surface area contributed by atoms with Crippen LogP contribution in [0.4, 0.5) is 10.1 Å². The van der Waals surface area contributed by atoms with Gasteiger partial charge in [-0.05, 0) is 36.6 Å². The Kier molecular flexibility index (Phi) is 4.20. The molecule has 110 valence electrons. The van der Waals surface area contributed by atoms with Crippen molar-refractivity contribution in [2.45, 2.75) is 19.4 Å². The first-order valence-corrected chi connectivity index (χ1v) is 7.51. The molecular weight excluding hydrogens is 263 g/mol. The summed E-state index contributed by atoms with van der Waals surface area (Å²) in [6, 6.07) is 16.0. The van der Waals surface area contributed by atoms with E-state index in [1.807, 2.05) is 19.1 Å². The van der Waals surface area contributed by atoms with Crippen LogP contribution in [-0.4, -0.2) is 25.7 Å². The van der Waals surface area contributed by atoms with Gasteiger partial charge in [-0.3, -0.25) is 0 Å². The van der Waals surface area contributed by atoms with Crippen LogP contribution in [-0.2, 0) is 6.42 Å². The Bertz CT molecular complexity index is 597. The summed E-state index contributed by atoms with van der Waals surface area (Å²) in [6.45, 7) is 4.82. The van der Waals surface area contributed by atoms with E-state index < -0.39 is 0 Å². The summed E-state index contributed by atoms with van der Waals surface area (Å²) in [5.74, 6) is -0.159. The molecule has 1 unspecified atom stereocenters. The molecule has 1 fully saturated rings. The number of aryl methyl sites for hydroxylation is 1. The lowest BCUT2D eigenvalue weighted by molar-refractivity contribution is 0.454. The molecule has 1 atom stereocenters. The van der Waals surface area contributed by atoms with Gasteiger partial charge in [-0.2, -0.15) is 0 Å². The number of piperazine rings is 1. The van der Waals surface area contributed by atoms with Crippen molar-refractivity contribution in [2.24, 2.45) is 0 Å². The van der Waals surface area contributed by atoms with Gasteiger partial charge >= 0.3 is 0 Å². The predicted octanol–water partition coefficient (Wildman–Crippen LogP) is 3.16. The van der Waals surface area contributed by atoms with Crippen LogP contribution in [0.15, 0.2) is 48.5 Å². The van der Waals surface area contributed by atoms with Crippen molar-refractivity contribution in [1.82, 2.24) is 5.32 Å². The molecule has 1 heterocycles. The Morgan fingerprint density at radius 2 is 2.00 bits per heavy atom. The van der Waals surface area contributed by atoms with Crippen molar-refractivity contribution in [2.75, 3.05) is 24.5 Å². The Morgan fingerprint density at radius 3 is 2.81 bits per heavy atom. The van der Waals surface area contributed by atoms with Crippen molar-refractivity contribution in [3.8, 4) is 0 Å². The van der Waals surface area contributed by atoms with Gasteiger partial charge < -0.3 is 10.2 Å². The van der Waals surface area contributed by atoms with Crippen LogP contribution in [0.25, 0.3) is 0 Å². The molecule has 1 N–H and O–H groups in total. The predicted molar refractivity (Wildman–Crippen MR) is 85.3 cm³/mol. The fourth-order valence-corrected chi connectivity index (χ4v) is 3.00. The zero-order chi connectivity index (χ0) is 14.7. The van der Waals surface area contributed by atoms with E-state index in [2.05, 4.69) is 34.5 Å². The molecule has 1 aliphatic rings. The van der Waals surface area contributed by atoms with E-state index in [0.717, 1.165) is 37.3 Å².